The van der Waals surface area contributed by atoms with Gasteiger partial charge in [0.05, 0.1) is 18.7 Å². The number of carbonyl (C=O) groups excluding carboxylic acids is 2. The summed E-state index contributed by atoms with van der Waals surface area (Å²) >= 11 is 6.14. The third-order valence-corrected chi connectivity index (χ3v) is 4.48. The molecule has 6 nitrogen and oxygen atoms in total. The van der Waals surface area contributed by atoms with Gasteiger partial charge in [-0.3, -0.25) is 4.79 Å². The molecule has 1 atom stereocenters. The number of methoxy groups -OCH3 is 1. The summed E-state index contributed by atoms with van der Waals surface area (Å²) in [6.45, 7) is 1.57. The van der Waals surface area contributed by atoms with Crippen molar-refractivity contribution in [1.29, 1.82) is 0 Å². The molecular formula is C19H17ClFN3O3. The minimum atomic E-state index is -1.02. The van der Waals surface area contributed by atoms with Crippen molar-refractivity contribution in [3.63, 3.8) is 0 Å². The first-order valence-corrected chi connectivity index (χ1v) is 8.46. The molecule has 0 aliphatic carbocycles. The molecule has 1 heterocycles. The molecule has 0 saturated carbocycles. The average molecular weight is 390 g/mol. The predicted molar refractivity (Wildman–Crippen MR) is 100 cm³/mol. The van der Waals surface area contributed by atoms with E-state index in [1.807, 2.05) is 0 Å². The van der Waals surface area contributed by atoms with Crippen LogP contribution in [0.4, 0.5) is 14.9 Å². The number of allylic oxidation sites excluding steroid dienone is 1. The molecule has 3 rings (SSSR count). The first-order valence-electron chi connectivity index (χ1n) is 8.08. The van der Waals surface area contributed by atoms with Gasteiger partial charge < -0.3 is 20.7 Å². The van der Waals surface area contributed by atoms with Crippen LogP contribution < -0.4 is 20.7 Å². The van der Waals surface area contributed by atoms with Crippen molar-refractivity contribution >= 4 is 29.2 Å². The molecule has 1 aliphatic heterocycles. The van der Waals surface area contributed by atoms with Crippen LogP contribution in [0.25, 0.3) is 0 Å². The Morgan fingerprint density at radius 3 is 2.56 bits per heavy atom. The van der Waals surface area contributed by atoms with E-state index in [1.165, 1.54) is 18.2 Å². The molecule has 27 heavy (non-hydrogen) atoms. The van der Waals surface area contributed by atoms with Gasteiger partial charge in [0.1, 0.15) is 11.6 Å². The normalized spacial score (nSPS) is 16.4. The highest BCUT2D eigenvalue weighted by Crippen LogP contribution is 2.34. The van der Waals surface area contributed by atoms with E-state index in [2.05, 4.69) is 16.0 Å². The van der Waals surface area contributed by atoms with Crippen LogP contribution in [0, 0.1) is 5.82 Å². The maximum absolute atomic E-state index is 14.4. The zero-order valence-corrected chi connectivity index (χ0v) is 15.4. The van der Waals surface area contributed by atoms with Gasteiger partial charge in [0.2, 0.25) is 0 Å². The highest BCUT2D eigenvalue weighted by atomic mass is 35.5. The van der Waals surface area contributed by atoms with E-state index in [0.29, 0.717) is 17.1 Å². The zero-order chi connectivity index (χ0) is 19.6. The first-order chi connectivity index (χ1) is 12.9. The number of anilines is 1. The van der Waals surface area contributed by atoms with Gasteiger partial charge in [0.25, 0.3) is 5.91 Å². The molecule has 3 N–H and O–H groups in total. The van der Waals surface area contributed by atoms with Gasteiger partial charge in [-0.1, -0.05) is 17.7 Å². The summed E-state index contributed by atoms with van der Waals surface area (Å²) < 4.78 is 19.5. The molecule has 0 radical (unpaired) electrons. The average Bonchev–Trinajstić information content (AvgIpc) is 2.61. The standard InChI is InChI=1S/C19H17ClFN3O3/c1-10-15(18(25)23-11-6-8-12(27-2)9-7-11)17(24-19(26)22-10)16-13(20)4-3-5-14(16)21/h3-9,17H,1-2H3,(H,23,25)(H2,22,24,26). The summed E-state index contributed by atoms with van der Waals surface area (Å²) in [5.74, 6) is -0.460. The number of rotatable bonds is 4. The second-order valence-corrected chi connectivity index (χ2v) is 6.30. The Hall–Kier alpha value is -3.06. The van der Waals surface area contributed by atoms with E-state index < -0.39 is 23.8 Å². The molecule has 3 amide bonds. The lowest BCUT2D eigenvalue weighted by Crippen LogP contribution is -2.46. The summed E-state index contributed by atoms with van der Waals surface area (Å²) in [4.78, 5) is 24.8. The van der Waals surface area contributed by atoms with Crippen molar-refractivity contribution < 1.29 is 18.7 Å². The van der Waals surface area contributed by atoms with Gasteiger partial charge in [0.15, 0.2) is 0 Å². The molecule has 1 unspecified atom stereocenters. The second-order valence-electron chi connectivity index (χ2n) is 5.89. The summed E-state index contributed by atoms with van der Waals surface area (Å²) in [6.07, 6.45) is 0. The van der Waals surface area contributed by atoms with Crippen molar-refractivity contribution in [2.24, 2.45) is 0 Å². The second kappa shape index (κ2) is 7.67. The van der Waals surface area contributed by atoms with Crippen LogP contribution in [-0.4, -0.2) is 19.0 Å². The van der Waals surface area contributed by atoms with Crippen molar-refractivity contribution in [2.75, 3.05) is 12.4 Å². The minimum absolute atomic E-state index is 0.0354. The Balaban J connectivity index is 1.97. The quantitative estimate of drug-likeness (QED) is 0.745. The lowest BCUT2D eigenvalue weighted by Gasteiger charge is -2.29. The maximum Gasteiger partial charge on any atom is 0.319 e. The SMILES string of the molecule is COc1ccc(NC(=O)C2=C(C)NC(=O)NC2c2c(F)cccc2Cl)cc1. The zero-order valence-electron chi connectivity index (χ0n) is 14.6. The lowest BCUT2D eigenvalue weighted by atomic mass is 9.94. The van der Waals surface area contributed by atoms with Crippen LogP contribution in [0.2, 0.25) is 5.02 Å². The Labute approximate surface area is 160 Å². The molecule has 0 saturated heterocycles. The summed E-state index contributed by atoms with van der Waals surface area (Å²) in [6, 6.07) is 9.36. The number of hydrogen-bond acceptors (Lipinski definition) is 3. The minimum Gasteiger partial charge on any atom is -0.497 e. The van der Waals surface area contributed by atoms with Gasteiger partial charge in [0, 0.05) is 22.0 Å². The monoisotopic (exact) mass is 389 g/mol. The van der Waals surface area contributed by atoms with Gasteiger partial charge in [-0.15, -0.1) is 0 Å². The van der Waals surface area contributed by atoms with Gasteiger partial charge >= 0.3 is 6.03 Å². The van der Waals surface area contributed by atoms with Crippen molar-refractivity contribution in [1.82, 2.24) is 10.6 Å². The Morgan fingerprint density at radius 1 is 1.22 bits per heavy atom. The number of halogens is 2. The molecule has 0 aromatic heterocycles. The van der Waals surface area contributed by atoms with Crippen molar-refractivity contribution in [2.45, 2.75) is 13.0 Å². The predicted octanol–water partition coefficient (Wildman–Crippen LogP) is 3.75. The molecule has 0 spiro atoms. The highest BCUT2D eigenvalue weighted by Gasteiger charge is 2.34. The maximum atomic E-state index is 14.4. The Bertz CT molecular complexity index is 908. The fourth-order valence-corrected chi connectivity index (χ4v) is 3.14. The lowest BCUT2D eigenvalue weighted by molar-refractivity contribution is -0.113. The molecule has 0 bridgehead atoms. The number of nitrogens with one attached hydrogen (secondary N) is 3. The summed E-state index contributed by atoms with van der Waals surface area (Å²) in [5.41, 5.74) is 1.04. The molecule has 1 aliphatic rings. The molecule has 0 fully saturated rings. The number of hydrogen-bond donors (Lipinski definition) is 3. The van der Waals surface area contributed by atoms with Crippen molar-refractivity contribution in [3.05, 3.63) is 70.1 Å². The molecular weight excluding hydrogens is 373 g/mol. The van der Waals surface area contributed by atoms with Gasteiger partial charge in [-0.25, -0.2) is 9.18 Å². The van der Waals surface area contributed by atoms with Crippen molar-refractivity contribution in [3.8, 4) is 5.75 Å². The van der Waals surface area contributed by atoms with E-state index in [9.17, 15) is 14.0 Å². The van der Waals surface area contributed by atoms with Crippen LogP contribution >= 0.6 is 11.6 Å². The molecule has 2 aromatic carbocycles. The summed E-state index contributed by atoms with van der Waals surface area (Å²) in [5, 5.41) is 7.96. The molecule has 8 heteroatoms. The Morgan fingerprint density at radius 2 is 1.93 bits per heavy atom. The van der Waals surface area contributed by atoms with E-state index in [0.717, 1.165) is 0 Å². The van der Waals surface area contributed by atoms with E-state index in [4.69, 9.17) is 16.3 Å². The Kier molecular flexibility index (Phi) is 5.32. The van der Waals surface area contributed by atoms with E-state index in [1.54, 1.807) is 38.3 Å². The topological polar surface area (TPSA) is 79.5 Å². The first kappa shape index (κ1) is 18.7. The fourth-order valence-electron chi connectivity index (χ4n) is 2.87. The van der Waals surface area contributed by atoms with Crippen LogP contribution in [0.3, 0.4) is 0 Å². The van der Waals surface area contributed by atoms with E-state index >= 15 is 0 Å². The number of benzene rings is 2. The number of ether oxygens (including phenoxy) is 1. The fraction of sp³-hybridized carbons (Fsp3) is 0.158. The van der Waals surface area contributed by atoms with Gasteiger partial charge in [-0.2, -0.15) is 0 Å². The third kappa shape index (κ3) is 3.88. The molecule has 2 aromatic rings. The largest absolute Gasteiger partial charge is 0.497 e. The third-order valence-electron chi connectivity index (χ3n) is 4.15. The van der Waals surface area contributed by atoms with Crippen LogP contribution in [0.5, 0.6) is 5.75 Å². The molecule has 140 valence electrons. The highest BCUT2D eigenvalue weighted by molar-refractivity contribution is 6.31. The van der Waals surface area contributed by atoms with Crippen LogP contribution in [0.15, 0.2) is 53.7 Å². The number of carbonyl (C=O) groups is 2. The van der Waals surface area contributed by atoms with Crippen LogP contribution in [-0.2, 0) is 4.79 Å². The summed E-state index contributed by atoms with van der Waals surface area (Å²) in [7, 11) is 1.54. The van der Waals surface area contributed by atoms with Crippen LogP contribution in [0.1, 0.15) is 18.5 Å². The smallest absolute Gasteiger partial charge is 0.319 e. The number of urea groups is 1. The number of amides is 3. The van der Waals surface area contributed by atoms with E-state index in [-0.39, 0.29) is 16.2 Å². The van der Waals surface area contributed by atoms with Gasteiger partial charge in [-0.05, 0) is 43.3 Å².